The van der Waals surface area contributed by atoms with Gasteiger partial charge in [-0.25, -0.2) is 4.79 Å². The monoisotopic (exact) mass is 420 g/mol. The van der Waals surface area contributed by atoms with Gasteiger partial charge in [0.15, 0.2) is 0 Å². The van der Waals surface area contributed by atoms with Gasteiger partial charge in [0.1, 0.15) is 0 Å². The molecule has 0 aliphatic carbocycles. The van der Waals surface area contributed by atoms with Crippen LogP contribution in [-0.2, 0) is 9.53 Å². The number of esters is 1. The second kappa shape index (κ2) is 6.83. The van der Waals surface area contributed by atoms with Crippen LogP contribution in [0.2, 0.25) is 0 Å². The SMILES string of the molecule is CCOC(=O)C=C(c1ccc(Br)s1)c1ccc(Br)s1. The summed E-state index contributed by atoms with van der Waals surface area (Å²) in [6.07, 6.45) is 1.56. The lowest BCUT2D eigenvalue weighted by Gasteiger charge is -2.03. The Bertz CT molecular complexity index is 571. The van der Waals surface area contributed by atoms with Crippen molar-refractivity contribution >= 4 is 66.1 Å². The first kappa shape index (κ1) is 15.0. The van der Waals surface area contributed by atoms with Gasteiger partial charge in [-0.3, -0.25) is 0 Å². The third kappa shape index (κ3) is 4.02. The van der Waals surface area contributed by atoms with Crippen molar-refractivity contribution in [2.24, 2.45) is 0 Å². The van der Waals surface area contributed by atoms with Crippen molar-refractivity contribution in [1.82, 2.24) is 0 Å². The van der Waals surface area contributed by atoms with Gasteiger partial charge in [0.25, 0.3) is 0 Å². The summed E-state index contributed by atoms with van der Waals surface area (Å²) in [5.41, 5.74) is 0.893. The summed E-state index contributed by atoms with van der Waals surface area (Å²) in [5.74, 6) is -0.313. The van der Waals surface area contributed by atoms with Crippen LogP contribution in [0.1, 0.15) is 16.7 Å². The van der Waals surface area contributed by atoms with Gasteiger partial charge in [-0.05, 0) is 63.0 Å². The molecular weight excluding hydrogens is 412 g/mol. The topological polar surface area (TPSA) is 26.3 Å². The number of ether oxygens (including phenoxy) is 1. The number of hydrogen-bond acceptors (Lipinski definition) is 4. The second-order valence-electron chi connectivity index (χ2n) is 3.52. The van der Waals surface area contributed by atoms with Gasteiger partial charge >= 0.3 is 5.97 Å². The van der Waals surface area contributed by atoms with Crippen LogP contribution in [0.15, 0.2) is 37.9 Å². The highest BCUT2D eigenvalue weighted by molar-refractivity contribution is 9.11. The lowest BCUT2D eigenvalue weighted by Crippen LogP contribution is -2.00. The molecule has 0 fully saturated rings. The fourth-order valence-corrected chi connectivity index (χ4v) is 4.38. The summed E-state index contributed by atoms with van der Waals surface area (Å²) in [4.78, 5) is 13.8. The first-order valence-corrected chi connectivity index (χ1v) is 8.72. The summed E-state index contributed by atoms with van der Waals surface area (Å²) in [6, 6.07) is 7.93. The highest BCUT2D eigenvalue weighted by atomic mass is 79.9. The maximum absolute atomic E-state index is 11.7. The van der Waals surface area contributed by atoms with E-state index in [1.54, 1.807) is 35.7 Å². The summed E-state index contributed by atoms with van der Waals surface area (Å²) in [7, 11) is 0. The maximum Gasteiger partial charge on any atom is 0.331 e. The molecule has 0 aliphatic rings. The average Bonchev–Trinajstić information content (AvgIpc) is 2.96. The van der Waals surface area contributed by atoms with E-state index in [2.05, 4.69) is 31.9 Å². The van der Waals surface area contributed by atoms with Crippen LogP contribution < -0.4 is 0 Å². The molecule has 2 aromatic heterocycles. The molecular formula is C13H10Br2O2S2. The van der Waals surface area contributed by atoms with Crippen LogP contribution in [0, 0.1) is 0 Å². The van der Waals surface area contributed by atoms with Crippen LogP contribution in [-0.4, -0.2) is 12.6 Å². The Balaban J connectivity index is 2.41. The van der Waals surface area contributed by atoms with Crippen molar-refractivity contribution in [3.8, 4) is 0 Å². The zero-order valence-corrected chi connectivity index (χ0v) is 14.8. The molecule has 0 aromatic carbocycles. The summed E-state index contributed by atoms with van der Waals surface area (Å²) >= 11 is 10.1. The third-order valence-electron chi connectivity index (χ3n) is 2.23. The fourth-order valence-electron chi connectivity index (χ4n) is 1.48. The molecule has 2 heterocycles. The normalized spacial score (nSPS) is 10.3. The molecule has 0 aliphatic heterocycles. The van der Waals surface area contributed by atoms with Crippen LogP contribution in [0.25, 0.3) is 5.57 Å². The highest BCUT2D eigenvalue weighted by Crippen LogP contribution is 2.36. The van der Waals surface area contributed by atoms with E-state index >= 15 is 0 Å². The van der Waals surface area contributed by atoms with E-state index in [0.29, 0.717) is 6.61 Å². The maximum atomic E-state index is 11.7. The van der Waals surface area contributed by atoms with Crippen molar-refractivity contribution < 1.29 is 9.53 Å². The quantitative estimate of drug-likeness (QED) is 0.492. The van der Waals surface area contributed by atoms with Gasteiger partial charge in [0.2, 0.25) is 0 Å². The molecule has 19 heavy (non-hydrogen) atoms. The summed E-state index contributed by atoms with van der Waals surface area (Å²) in [6.45, 7) is 2.18. The van der Waals surface area contributed by atoms with E-state index in [1.807, 2.05) is 24.3 Å². The van der Waals surface area contributed by atoms with Crippen molar-refractivity contribution in [3.63, 3.8) is 0 Å². The van der Waals surface area contributed by atoms with Crippen LogP contribution in [0.4, 0.5) is 0 Å². The summed E-state index contributed by atoms with van der Waals surface area (Å²) < 4.78 is 7.07. The van der Waals surface area contributed by atoms with E-state index in [0.717, 1.165) is 22.9 Å². The van der Waals surface area contributed by atoms with E-state index in [9.17, 15) is 4.79 Å². The van der Waals surface area contributed by atoms with Crippen molar-refractivity contribution in [3.05, 3.63) is 47.7 Å². The molecule has 2 aromatic rings. The molecule has 0 atom stereocenters. The first-order valence-electron chi connectivity index (χ1n) is 5.50. The minimum Gasteiger partial charge on any atom is -0.463 e. The van der Waals surface area contributed by atoms with Crippen LogP contribution in [0.5, 0.6) is 0 Å². The number of carbonyl (C=O) groups is 1. The van der Waals surface area contributed by atoms with Crippen LogP contribution >= 0.6 is 54.5 Å². The standard InChI is InChI=1S/C13H10Br2O2S2/c1-2-17-13(16)7-8(9-3-5-11(14)18-9)10-4-6-12(15)19-10/h3-7H,2H2,1H3. The molecule has 0 bridgehead atoms. The van der Waals surface area contributed by atoms with Crippen LogP contribution in [0.3, 0.4) is 0 Å². The number of hydrogen-bond donors (Lipinski definition) is 0. The molecule has 0 saturated carbocycles. The number of carbonyl (C=O) groups excluding carboxylic acids is 1. The van der Waals surface area contributed by atoms with Gasteiger partial charge in [-0.1, -0.05) is 0 Å². The Morgan fingerprint density at radius 2 is 1.68 bits per heavy atom. The molecule has 6 heteroatoms. The molecule has 0 radical (unpaired) electrons. The van der Waals surface area contributed by atoms with Gasteiger partial charge < -0.3 is 4.74 Å². The number of rotatable bonds is 4. The highest BCUT2D eigenvalue weighted by Gasteiger charge is 2.12. The number of thiophene rings is 2. The molecule has 100 valence electrons. The Kier molecular flexibility index (Phi) is 5.38. The van der Waals surface area contributed by atoms with Crippen molar-refractivity contribution in [1.29, 1.82) is 0 Å². The summed E-state index contributed by atoms with van der Waals surface area (Å²) in [5, 5.41) is 0. The molecule has 0 N–H and O–H groups in total. The predicted octanol–water partition coefficient (Wildman–Crippen LogP) is 5.33. The lowest BCUT2D eigenvalue weighted by molar-refractivity contribution is -0.137. The molecule has 2 rings (SSSR count). The average molecular weight is 422 g/mol. The van der Waals surface area contributed by atoms with E-state index in [4.69, 9.17) is 4.74 Å². The molecule has 0 saturated heterocycles. The van der Waals surface area contributed by atoms with Crippen molar-refractivity contribution in [2.45, 2.75) is 6.92 Å². The minimum atomic E-state index is -0.313. The van der Waals surface area contributed by atoms with E-state index in [1.165, 1.54) is 0 Å². The van der Waals surface area contributed by atoms with Gasteiger partial charge in [-0.15, -0.1) is 22.7 Å². The Morgan fingerprint density at radius 1 is 1.16 bits per heavy atom. The van der Waals surface area contributed by atoms with Crippen molar-refractivity contribution in [2.75, 3.05) is 6.61 Å². The molecule has 0 unspecified atom stereocenters. The molecule has 0 spiro atoms. The van der Waals surface area contributed by atoms with E-state index in [-0.39, 0.29) is 5.97 Å². The Hall–Kier alpha value is -0.430. The first-order chi connectivity index (χ1) is 9.10. The zero-order chi connectivity index (χ0) is 13.8. The van der Waals surface area contributed by atoms with Gasteiger partial charge in [0.05, 0.1) is 14.2 Å². The second-order valence-corrected chi connectivity index (χ2v) is 8.44. The Labute approximate surface area is 136 Å². The number of halogens is 2. The zero-order valence-electron chi connectivity index (χ0n) is 9.98. The molecule has 0 amide bonds. The fraction of sp³-hybridized carbons (Fsp3) is 0.154. The van der Waals surface area contributed by atoms with Gasteiger partial charge in [-0.2, -0.15) is 0 Å². The predicted molar refractivity (Wildman–Crippen MR) is 87.8 cm³/mol. The molecule has 2 nitrogen and oxygen atoms in total. The largest absolute Gasteiger partial charge is 0.463 e. The third-order valence-corrected chi connectivity index (χ3v) is 5.54. The smallest absolute Gasteiger partial charge is 0.331 e. The lowest BCUT2D eigenvalue weighted by atomic mass is 10.1. The minimum absolute atomic E-state index is 0.313. The van der Waals surface area contributed by atoms with Gasteiger partial charge in [0, 0.05) is 21.4 Å². The Morgan fingerprint density at radius 3 is 2.05 bits per heavy atom. The van der Waals surface area contributed by atoms with E-state index < -0.39 is 0 Å².